The first-order valence-corrected chi connectivity index (χ1v) is 8.70. The monoisotopic (exact) mass is 358 g/mol. The van der Waals surface area contributed by atoms with Crippen LogP contribution in [0.5, 0.6) is 0 Å². The molecule has 4 N–H and O–H groups in total. The average molecular weight is 358 g/mol. The maximum Gasteiger partial charge on any atom is 0.111 e. The Kier molecular flexibility index (Phi) is 6.53. The van der Waals surface area contributed by atoms with E-state index in [9.17, 15) is 0 Å². The predicted molar refractivity (Wildman–Crippen MR) is 114 cm³/mol. The number of para-hydroxylation sites is 1. The van der Waals surface area contributed by atoms with Crippen molar-refractivity contribution >= 4 is 29.7 Å². The molecular formula is C21H22N6. The van der Waals surface area contributed by atoms with E-state index in [2.05, 4.69) is 31.7 Å². The second kappa shape index (κ2) is 9.72. The molecule has 0 aliphatic heterocycles. The summed E-state index contributed by atoms with van der Waals surface area (Å²) in [6, 6.07) is 22.2. The zero-order valence-electron chi connectivity index (χ0n) is 14.9. The molecule has 0 fully saturated rings. The third-order valence-electron chi connectivity index (χ3n) is 3.79. The van der Waals surface area contributed by atoms with Gasteiger partial charge in [0.05, 0.1) is 36.1 Å². The van der Waals surface area contributed by atoms with Crippen molar-refractivity contribution in [1.29, 1.82) is 0 Å². The molecule has 3 aromatic rings. The smallest absolute Gasteiger partial charge is 0.111 e. The van der Waals surface area contributed by atoms with Gasteiger partial charge >= 0.3 is 0 Å². The molecule has 0 spiro atoms. The van der Waals surface area contributed by atoms with Crippen molar-refractivity contribution < 1.29 is 0 Å². The standard InChI is InChI=1S/C21H22N6/c22-15-24-16-23-11-12-25-20-13-19(27-18-9-5-2-6-10-18)14-26-21(20)17-7-3-1-4-8-17/h1-10,13-16,25,27H,11-12H2,(H2,22,23,24). The van der Waals surface area contributed by atoms with E-state index in [0.717, 1.165) is 28.3 Å². The normalized spacial score (nSPS) is 11.1. The predicted octanol–water partition coefficient (Wildman–Crippen LogP) is 3.92. The van der Waals surface area contributed by atoms with E-state index < -0.39 is 0 Å². The molecule has 6 heteroatoms. The number of hydrogen-bond donors (Lipinski definition) is 3. The average Bonchev–Trinajstić information content (AvgIpc) is 2.72. The van der Waals surface area contributed by atoms with Crippen LogP contribution in [0.15, 0.2) is 82.9 Å². The molecule has 0 radical (unpaired) electrons. The SMILES string of the molecule is NC=NC=NCCNc1cc(Nc2ccccc2)cnc1-c1ccccc1. The number of nitrogens with zero attached hydrogens (tertiary/aromatic N) is 3. The van der Waals surface area contributed by atoms with Crippen molar-refractivity contribution in [2.45, 2.75) is 0 Å². The van der Waals surface area contributed by atoms with Gasteiger partial charge in [-0.3, -0.25) is 9.98 Å². The fourth-order valence-corrected chi connectivity index (χ4v) is 2.58. The van der Waals surface area contributed by atoms with Gasteiger partial charge in [-0.15, -0.1) is 0 Å². The van der Waals surface area contributed by atoms with Gasteiger partial charge in [0, 0.05) is 17.8 Å². The third-order valence-corrected chi connectivity index (χ3v) is 3.79. The summed E-state index contributed by atoms with van der Waals surface area (Å²) >= 11 is 0. The highest BCUT2D eigenvalue weighted by molar-refractivity contribution is 5.78. The summed E-state index contributed by atoms with van der Waals surface area (Å²) in [5, 5.41) is 6.79. The van der Waals surface area contributed by atoms with Crippen LogP contribution in [0, 0.1) is 0 Å². The summed E-state index contributed by atoms with van der Waals surface area (Å²) in [5.41, 5.74) is 10.0. The van der Waals surface area contributed by atoms with Crippen molar-refractivity contribution in [2.24, 2.45) is 15.7 Å². The van der Waals surface area contributed by atoms with Crippen molar-refractivity contribution in [3.63, 3.8) is 0 Å². The molecule has 0 saturated heterocycles. The van der Waals surface area contributed by atoms with E-state index in [1.54, 1.807) is 0 Å². The quantitative estimate of drug-likeness (QED) is 0.323. The summed E-state index contributed by atoms with van der Waals surface area (Å²) < 4.78 is 0. The lowest BCUT2D eigenvalue weighted by atomic mass is 10.1. The zero-order valence-corrected chi connectivity index (χ0v) is 14.9. The Morgan fingerprint density at radius 1 is 0.963 bits per heavy atom. The highest BCUT2D eigenvalue weighted by Crippen LogP contribution is 2.29. The lowest BCUT2D eigenvalue weighted by Crippen LogP contribution is -2.07. The Bertz CT molecular complexity index is 891. The molecule has 0 amide bonds. The maximum absolute atomic E-state index is 5.18. The van der Waals surface area contributed by atoms with Gasteiger partial charge in [0.2, 0.25) is 0 Å². The Labute approximate surface area is 158 Å². The third kappa shape index (κ3) is 5.40. The van der Waals surface area contributed by atoms with Gasteiger partial charge in [0.15, 0.2) is 0 Å². The van der Waals surface area contributed by atoms with Crippen LogP contribution in [0.1, 0.15) is 0 Å². The number of benzene rings is 2. The molecule has 0 atom stereocenters. The van der Waals surface area contributed by atoms with Crippen LogP contribution in [0.2, 0.25) is 0 Å². The molecule has 6 nitrogen and oxygen atoms in total. The Balaban J connectivity index is 1.80. The number of nitrogens with one attached hydrogen (secondary N) is 2. The van der Waals surface area contributed by atoms with Crippen molar-refractivity contribution in [2.75, 3.05) is 23.7 Å². The van der Waals surface area contributed by atoms with Crippen LogP contribution < -0.4 is 16.4 Å². The number of anilines is 3. The number of aromatic nitrogens is 1. The van der Waals surface area contributed by atoms with Crippen molar-refractivity contribution in [1.82, 2.24) is 4.98 Å². The first kappa shape index (κ1) is 18.1. The van der Waals surface area contributed by atoms with E-state index in [1.807, 2.05) is 66.9 Å². The number of pyridine rings is 1. The van der Waals surface area contributed by atoms with Crippen LogP contribution in [-0.4, -0.2) is 30.8 Å². The lowest BCUT2D eigenvalue weighted by Gasteiger charge is -2.14. The van der Waals surface area contributed by atoms with E-state index >= 15 is 0 Å². The molecule has 0 aliphatic carbocycles. The fourth-order valence-electron chi connectivity index (χ4n) is 2.58. The molecular weight excluding hydrogens is 336 g/mol. The summed E-state index contributed by atoms with van der Waals surface area (Å²) in [4.78, 5) is 12.6. The van der Waals surface area contributed by atoms with Crippen LogP contribution in [0.4, 0.5) is 17.1 Å². The Morgan fingerprint density at radius 2 is 1.70 bits per heavy atom. The summed E-state index contributed by atoms with van der Waals surface area (Å²) in [5.74, 6) is 0. The molecule has 0 unspecified atom stereocenters. The minimum Gasteiger partial charge on any atom is -0.390 e. The number of aliphatic imine (C=N–C) groups is 2. The first-order valence-electron chi connectivity index (χ1n) is 8.70. The first-order chi connectivity index (χ1) is 13.4. The number of nitrogens with two attached hydrogens (primary N) is 1. The van der Waals surface area contributed by atoms with E-state index in [0.29, 0.717) is 13.1 Å². The van der Waals surface area contributed by atoms with Gasteiger partial charge in [-0.1, -0.05) is 48.5 Å². The van der Waals surface area contributed by atoms with Gasteiger partial charge in [-0.2, -0.15) is 0 Å². The van der Waals surface area contributed by atoms with Gasteiger partial charge in [0.1, 0.15) is 6.34 Å². The second-order valence-electron chi connectivity index (χ2n) is 5.72. The molecule has 0 bridgehead atoms. The van der Waals surface area contributed by atoms with E-state index in [1.165, 1.54) is 12.7 Å². The topological polar surface area (TPSA) is 87.7 Å². The minimum atomic E-state index is 0.585. The minimum absolute atomic E-state index is 0.585. The summed E-state index contributed by atoms with van der Waals surface area (Å²) in [6.45, 7) is 1.24. The number of rotatable bonds is 8. The molecule has 0 saturated carbocycles. The van der Waals surface area contributed by atoms with Crippen LogP contribution in [-0.2, 0) is 0 Å². The van der Waals surface area contributed by atoms with Gasteiger partial charge in [0.25, 0.3) is 0 Å². The molecule has 136 valence electrons. The molecule has 27 heavy (non-hydrogen) atoms. The molecule has 3 rings (SSSR count). The van der Waals surface area contributed by atoms with Crippen LogP contribution >= 0.6 is 0 Å². The summed E-state index contributed by atoms with van der Waals surface area (Å²) in [6.07, 6.45) is 4.51. The largest absolute Gasteiger partial charge is 0.390 e. The van der Waals surface area contributed by atoms with Gasteiger partial charge in [-0.05, 0) is 18.2 Å². The maximum atomic E-state index is 5.18. The van der Waals surface area contributed by atoms with Gasteiger partial charge in [-0.25, -0.2) is 4.99 Å². The molecule has 2 aromatic carbocycles. The van der Waals surface area contributed by atoms with E-state index in [-0.39, 0.29) is 0 Å². The second-order valence-corrected chi connectivity index (χ2v) is 5.72. The molecule has 1 aromatic heterocycles. The molecule has 0 aliphatic rings. The van der Waals surface area contributed by atoms with Crippen molar-refractivity contribution in [3.8, 4) is 11.3 Å². The highest BCUT2D eigenvalue weighted by atomic mass is 15.0. The lowest BCUT2D eigenvalue weighted by molar-refractivity contribution is 1.02. The Morgan fingerprint density at radius 3 is 2.44 bits per heavy atom. The molecule has 1 heterocycles. The fraction of sp³-hybridized carbons (Fsp3) is 0.0952. The Hall–Kier alpha value is -3.67. The van der Waals surface area contributed by atoms with E-state index in [4.69, 9.17) is 5.73 Å². The van der Waals surface area contributed by atoms with Crippen LogP contribution in [0.25, 0.3) is 11.3 Å². The number of hydrogen-bond acceptors (Lipinski definition) is 4. The summed E-state index contributed by atoms with van der Waals surface area (Å²) in [7, 11) is 0. The zero-order chi connectivity index (χ0) is 18.7. The van der Waals surface area contributed by atoms with Gasteiger partial charge < -0.3 is 16.4 Å². The highest BCUT2D eigenvalue weighted by Gasteiger charge is 2.08. The van der Waals surface area contributed by atoms with Crippen molar-refractivity contribution in [3.05, 3.63) is 72.9 Å². The van der Waals surface area contributed by atoms with Crippen LogP contribution in [0.3, 0.4) is 0 Å².